The van der Waals surface area contributed by atoms with Gasteiger partial charge in [0.15, 0.2) is 5.84 Å². The number of nitrogens with two attached hydrogens (primary N) is 1. The third-order valence-corrected chi connectivity index (χ3v) is 3.47. The number of ether oxygens (including phenoxy) is 1. The molecule has 6 nitrogen and oxygen atoms in total. The fourth-order valence-corrected chi connectivity index (χ4v) is 2.40. The summed E-state index contributed by atoms with van der Waals surface area (Å²) in [7, 11) is 0. The molecule has 0 radical (unpaired) electrons. The number of hydrogen-bond donors (Lipinski definition) is 2. The molecule has 1 aromatic rings. The Morgan fingerprint density at radius 1 is 1.82 bits per heavy atom. The summed E-state index contributed by atoms with van der Waals surface area (Å²) < 4.78 is 5.43. The van der Waals surface area contributed by atoms with Crippen molar-refractivity contribution >= 4 is 17.2 Å². The Bertz CT molecular complexity index is 407. The molecule has 7 heteroatoms. The van der Waals surface area contributed by atoms with Gasteiger partial charge in [0.2, 0.25) is 0 Å². The fraction of sp³-hybridized carbons (Fsp3) is 0.600. The molecule has 0 aromatic carbocycles. The van der Waals surface area contributed by atoms with E-state index in [2.05, 4.69) is 20.4 Å². The number of aromatic nitrogens is 1. The summed E-state index contributed by atoms with van der Waals surface area (Å²) in [6.45, 7) is 4.83. The van der Waals surface area contributed by atoms with Crippen molar-refractivity contribution in [2.24, 2.45) is 10.9 Å². The lowest BCUT2D eigenvalue weighted by Gasteiger charge is -2.31. The molecule has 0 aliphatic carbocycles. The van der Waals surface area contributed by atoms with Crippen molar-refractivity contribution in [1.29, 1.82) is 0 Å². The molecule has 1 aliphatic heterocycles. The van der Waals surface area contributed by atoms with E-state index in [4.69, 9.17) is 15.7 Å². The Labute approximate surface area is 104 Å². The minimum Gasteiger partial charge on any atom is -0.409 e. The highest BCUT2D eigenvalue weighted by Gasteiger charge is 2.24. The average Bonchev–Trinajstić information content (AvgIpc) is 2.74. The van der Waals surface area contributed by atoms with Crippen LogP contribution < -0.4 is 5.73 Å². The lowest BCUT2D eigenvalue weighted by atomic mass is 10.2. The summed E-state index contributed by atoms with van der Waals surface area (Å²) in [4.78, 5) is 6.62. The SMILES string of the molecule is Cc1nc(CN2CCOC(C(N)=NO)C2)cs1. The van der Waals surface area contributed by atoms with E-state index in [1.807, 2.05) is 6.92 Å². The van der Waals surface area contributed by atoms with Crippen molar-refractivity contribution < 1.29 is 9.94 Å². The Balaban J connectivity index is 1.93. The fourth-order valence-electron chi connectivity index (χ4n) is 1.80. The van der Waals surface area contributed by atoms with Gasteiger partial charge in [0.25, 0.3) is 0 Å². The third-order valence-electron chi connectivity index (χ3n) is 2.65. The number of aryl methyl sites for hydroxylation is 1. The van der Waals surface area contributed by atoms with Crippen LogP contribution in [0.5, 0.6) is 0 Å². The summed E-state index contributed by atoms with van der Waals surface area (Å²) in [6.07, 6.45) is -0.325. The first kappa shape index (κ1) is 12.3. The topological polar surface area (TPSA) is 84.0 Å². The molecule has 3 N–H and O–H groups in total. The van der Waals surface area contributed by atoms with Gasteiger partial charge in [-0.2, -0.15) is 0 Å². The second-order valence-corrected chi connectivity index (χ2v) is 5.04. The van der Waals surface area contributed by atoms with Crippen LogP contribution in [0.3, 0.4) is 0 Å². The lowest BCUT2D eigenvalue weighted by molar-refractivity contribution is 0.00103. The molecule has 1 aliphatic rings. The molecule has 17 heavy (non-hydrogen) atoms. The quantitative estimate of drug-likeness (QED) is 0.354. The van der Waals surface area contributed by atoms with Crippen molar-refractivity contribution in [2.75, 3.05) is 19.7 Å². The molecular weight excluding hydrogens is 240 g/mol. The minimum absolute atomic E-state index is 0.129. The number of morpholine rings is 1. The second-order valence-electron chi connectivity index (χ2n) is 3.98. The summed E-state index contributed by atoms with van der Waals surface area (Å²) >= 11 is 1.65. The van der Waals surface area contributed by atoms with Gasteiger partial charge in [-0.05, 0) is 6.92 Å². The van der Waals surface area contributed by atoms with Crippen LogP contribution in [0.4, 0.5) is 0 Å². The predicted molar refractivity (Wildman–Crippen MR) is 65.3 cm³/mol. The zero-order valence-electron chi connectivity index (χ0n) is 9.67. The van der Waals surface area contributed by atoms with E-state index >= 15 is 0 Å². The van der Waals surface area contributed by atoms with Crippen LogP contribution >= 0.6 is 11.3 Å². The molecule has 1 saturated heterocycles. The first-order valence-corrected chi connectivity index (χ1v) is 6.29. The Morgan fingerprint density at radius 3 is 3.29 bits per heavy atom. The van der Waals surface area contributed by atoms with Crippen LogP contribution in [0.25, 0.3) is 0 Å². The van der Waals surface area contributed by atoms with Crippen LogP contribution in [0, 0.1) is 6.92 Å². The highest BCUT2D eigenvalue weighted by Crippen LogP contribution is 2.13. The molecule has 0 amide bonds. The summed E-state index contributed by atoms with van der Waals surface area (Å²) in [5, 5.41) is 14.7. The van der Waals surface area contributed by atoms with Gasteiger partial charge in [0.05, 0.1) is 17.3 Å². The van der Waals surface area contributed by atoms with E-state index in [-0.39, 0.29) is 11.9 Å². The number of nitrogens with zero attached hydrogens (tertiary/aromatic N) is 3. The van der Waals surface area contributed by atoms with Gasteiger partial charge < -0.3 is 15.7 Å². The van der Waals surface area contributed by atoms with Crippen molar-refractivity contribution in [3.8, 4) is 0 Å². The Kier molecular flexibility index (Phi) is 3.93. The molecule has 0 bridgehead atoms. The maximum absolute atomic E-state index is 8.62. The van der Waals surface area contributed by atoms with Gasteiger partial charge in [0, 0.05) is 25.0 Å². The van der Waals surface area contributed by atoms with Gasteiger partial charge in [-0.3, -0.25) is 4.90 Å². The Morgan fingerprint density at radius 2 is 2.65 bits per heavy atom. The van der Waals surface area contributed by atoms with E-state index in [0.717, 1.165) is 23.8 Å². The van der Waals surface area contributed by atoms with Gasteiger partial charge in [-0.1, -0.05) is 5.16 Å². The monoisotopic (exact) mass is 256 g/mol. The molecule has 94 valence electrons. The first-order chi connectivity index (χ1) is 8.19. The molecule has 1 unspecified atom stereocenters. The highest BCUT2D eigenvalue weighted by molar-refractivity contribution is 7.09. The smallest absolute Gasteiger partial charge is 0.169 e. The first-order valence-electron chi connectivity index (χ1n) is 5.41. The van der Waals surface area contributed by atoms with Gasteiger partial charge in [-0.15, -0.1) is 11.3 Å². The molecular formula is C10H16N4O2S. The summed E-state index contributed by atoms with van der Waals surface area (Å²) in [5.41, 5.74) is 6.60. The Hall–Kier alpha value is -1.18. The van der Waals surface area contributed by atoms with Crippen molar-refractivity contribution in [3.05, 3.63) is 16.1 Å². The van der Waals surface area contributed by atoms with Crippen LogP contribution in [-0.2, 0) is 11.3 Å². The van der Waals surface area contributed by atoms with E-state index in [1.54, 1.807) is 11.3 Å². The average molecular weight is 256 g/mol. The maximum Gasteiger partial charge on any atom is 0.169 e. The van der Waals surface area contributed by atoms with Crippen molar-refractivity contribution in [3.63, 3.8) is 0 Å². The van der Waals surface area contributed by atoms with E-state index in [1.165, 1.54) is 0 Å². The van der Waals surface area contributed by atoms with Crippen LogP contribution in [-0.4, -0.2) is 46.7 Å². The third kappa shape index (κ3) is 3.15. The van der Waals surface area contributed by atoms with E-state index < -0.39 is 0 Å². The zero-order chi connectivity index (χ0) is 12.3. The van der Waals surface area contributed by atoms with Gasteiger partial charge in [0.1, 0.15) is 6.10 Å². The number of thiazole rings is 1. The van der Waals surface area contributed by atoms with E-state index in [9.17, 15) is 0 Å². The molecule has 0 saturated carbocycles. The molecule has 1 fully saturated rings. The largest absolute Gasteiger partial charge is 0.409 e. The number of amidine groups is 1. The molecule has 2 rings (SSSR count). The normalized spacial score (nSPS) is 22.9. The summed E-state index contributed by atoms with van der Waals surface area (Å²) in [6, 6.07) is 0. The van der Waals surface area contributed by atoms with Crippen LogP contribution in [0.2, 0.25) is 0 Å². The van der Waals surface area contributed by atoms with Crippen LogP contribution in [0.15, 0.2) is 10.5 Å². The zero-order valence-corrected chi connectivity index (χ0v) is 10.5. The van der Waals surface area contributed by atoms with Gasteiger partial charge >= 0.3 is 0 Å². The van der Waals surface area contributed by atoms with Crippen molar-refractivity contribution in [1.82, 2.24) is 9.88 Å². The maximum atomic E-state index is 8.62. The molecule has 2 heterocycles. The minimum atomic E-state index is -0.325. The molecule has 1 atom stereocenters. The number of oxime groups is 1. The predicted octanol–water partition coefficient (Wildman–Crippen LogP) is 0.399. The molecule has 1 aromatic heterocycles. The van der Waals surface area contributed by atoms with Crippen molar-refractivity contribution in [2.45, 2.75) is 19.6 Å². The second kappa shape index (κ2) is 5.44. The molecule has 0 spiro atoms. The van der Waals surface area contributed by atoms with E-state index in [0.29, 0.717) is 13.2 Å². The summed E-state index contributed by atoms with van der Waals surface area (Å²) in [5.74, 6) is 0.129. The van der Waals surface area contributed by atoms with Crippen LogP contribution in [0.1, 0.15) is 10.7 Å². The number of rotatable bonds is 3. The lowest BCUT2D eigenvalue weighted by Crippen LogP contribution is -2.48. The van der Waals surface area contributed by atoms with Gasteiger partial charge in [-0.25, -0.2) is 4.98 Å². The standard InChI is InChI=1S/C10H16N4O2S/c1-7-12-8(6-17-7)4-14-2-3-16-9(5-14)10(11)13-15/h6,9,15H,2-5H2,1H3,(H2,11,13). The highest BCUT2D eigenvalue weighted by atomic mass is 32.1. The number of hydrogen-bond acceptors (Lipinski definition) is 6.